The van der Waals surface area contributed by atoms with Crippen molar-refractivity contribution in [3.63, 3.8) is 0 Å². The van der Waals surface area contributed by atoms with E-state index in [1.807, 2.05) is 11.8 Å². The molecule has 0 radical (unpaired) electrons. The van der Waals surface area contributed by atoms with Crippen LogP contribution in [0, 0.1) is 10.1 Å². The maximum absolute atomic E-state index is 10.7. The van der Waals surface area contributed by atoms with E-state index in [1.165, 1.54) is 12.3 Å². The lowest BCUT2D eigenvalue weighted by Gasteiger charge is -2.37. The van der Waals surface area contributed by atoms with Gasteiger partial charge in [0.05, 0.1) is 28.2 Å². The Morgan fingerprint density at radius 2 is 2.42 bits per heavy atom. The van der Waals surface area contributed by atoms with Crippen LogP contribution < -0.4 is 4.90 Å². The first-order valence-corrected chi connectivity index (χ1v) is 6.61. The van der Waals surface area contributed by atoms with Gasteiger partial charge in [0.15, 0.2) is 0 Å². The highest BCUT2D eigenvalue weighted by Gasteiger charge is 2.27. The summed E-state index contributed by atoms with van der Waals surface area (Å²) >= 11 is 3.30. The van der Waals surface area contributed by atoms with E-state index in [-0.39, 0.29) is 24.5 Å². The molecule has 1 aromatic heterocycles. The Morgan fingerprint density at radius 1 is 1.68 bits per heavy atom. The van der Waals surface area contributed by atoms with Gasteiger partial charge in [-0.05, 0) is 22.9 Å². The third-order valence-corrected chi connectivity index (χ3v) is 3.43. The Hall–Kier alpha value is -1.25. The molecule has 2 unspecified atom stereocenters. The van der Waals surface area contributed by atoms with E-state index in [0.29, 0.717) is 23.4 Å². The highest BCUT2D eigenvalue weighted by molar-refractivity contribution is 9.10. The van der Waals surface area contributed by atoms with E-state index < -0.39 is 4.92 Å². The van der Waals surface area contributed by atoms with Crippen LogP contribution in [0.15, 0.2) is 16.7 Å². The summed E-state index contributed by atoms with van der Waals surface area (Å²) in [5, 5.41) is 19.9. The third kappa shape index (κ3) is 3.20. The molecule has 0 amide bonds. The van der Waals surface area contributed by atoms with E-state index in [1.54, 1.807) is 0 Å². The number of anilines is 1. The zero-order chi connectivity index (χ0) is 14.0. The molecule has 1 aliphatic rings. The fourth-order valence-electron chi connectivity index (χ4n) is 2.07. The van der Waals surface area contributed by atoms with Gasteiger partial charge >= 0.3 is 0 Å². The zero-order valence-electron chi connectivity index (χ0n) is 10.3. The highest BCUT2D eigenvalue weighted by atomic mass is 79.9. The average Bonchev–Trinajstić information content (AvgIpc) is 2.37. The Kier molecular flexibility index (Phi) is 4.33. The lowest BCUT2D eigenvalue weighted by molar-refractivity contribution is -0.385. The molecule has 8 heteroatoms. The second-order valence-electron chi connectivity index (χ2n) is 4.41. The molecule has 19 heavy (non-hydrogen) atoms. The van der Waals surface area contributed by atoms with Crippen molar-refractivity contribution in [2.45, 2.75) is 19.1 Å². The van der Waals surface area contributed by atoms with E-state index in [0.717, 1.165) is 0 Å². The molecule has 0 spiro atoms. The first-order chi connectivity index (χ1) is 9.01. The molecular weight excluding hydrogens is 318 g/mol. The molecular formula is C11H14BrN3O4. The van der Waals surface area contributed by atoms with Gasteiger partial charge in [-0.25, -0.2) is 4.98 Å². The summed E-state index contributed by atoms with van der Waals surface area (Å²) in [5.74, 6) is 0.624. The van der Waals surface area contributed by atoms with Gasteiger partial charge in [0, 0.05) is 19.2 Å². The lowest BCUT2D eigenvalue weighted by atomic mass is 10.2. The van der Waals surface area contributed by atoms with Crippen molar-refractivity contribution >= 4 is 27.4 Å². The molecule has 2 atom stereocenters. The van der Waals surface area contributed by atoms with Crippen LogP contribution in [0.3, 0.4) is 0 Å². The summed E-state index contributed by atoms with van der Waals surface area (Å²) in [7, 11) is 0. The number of morpholine rings is 1. The number of aliphatic hydroxyl groups excluding tert-OH is 1. The van der Waals surface area contributed by atoms with Gasteiger partial charge in [0.1, 0.15) is 12.0 Å². The number of pyridine rings is 1. The molecule has 0 saturated carbocycles. The second-order valence-corrected chi connectivity index (χ2v) is 5.27. The normalized spacial score (nSPS) is 23.4. The number of rotatable bonds is 3. The monoisotopic (exact) mass is 331 g/mol. The van der Waals surface area contributed by atoms with E-state index >= 15 is 0 Å². The molecule has 104 valence electrons. The predicted molar refractivity (Wildman–Crippen MR) is 72.2 cm³/mol. The molecule has 2 heterocycles. The number of hydrogen-bond acceptors (Lipinski definition) is 6. The quantitative estimate of drug-likeness (QED) is 0.664. The fourth-order valence-corrected chi connectivity index (χ4v) is 2.66. The van der Waals surface area contributed by atoms with Gasteiger partial charge < -0.3 is 14.7 Å². The third-order valence-electron chi connectivity index (χ3n) is 2.85. The van der Waals surface area contributed by atoms with Crippen molar-refractivity contribution < 1.29 is 14.8 Å². The first-order valence-electron chi connectivity index (χ1n) is 5.82. The average molecular weight is 332 g/mol. The van der Waals surface area contributed by atoms with Crippen LogP contribution in [0.25, 0.3) is 0 Å². The minimum atomic E-state index is -0.486. The summed E-state index contributed by atoms with van der Waals surface area (Å²) in [5.41, 5.74) is -0.0596. The summed E-state index contributed by atoms with van der Waals surface area (Å²) in [6, 6.07) is 1.43. The molecule has 0 aliphatic carbocycles. The highest BCUT2D eigenvalue weighted by Crippen LogP contribution is 2.29. The predicted octanol–water partition coefficient (Wildman–Crippen LogP) is 1.34. The first kappa shape index (κ1) is 14.2. The molecule has 1 aliphatic heterocycles. The van der Waals surface area contributed by atoms with Gasteiger partial charge in [0.25, 0.3) is 5.69 Å². The number of halogens is 1. The van der Waals surface area contributed by atoms with Gasteiger partial charge in [-0.15, -0.1) is 0 Å². The van der Waals surface area contributed by atoms with E-state index in [2.05, 4.69) is 20.9 Å². The number of aromatic nitrogens is 1. The Balaban J connectivity index is 2.23. The number of nitrogens with zero attached hydrogens (tertiary/aromatic N) is 3. The van der Waals surface area contributed by atoms with Crippen molar-refractivity contribution in [2.75, 3.05) is 24.6 Å². The minimum absolute atomic E-state index is 0.0326. The lowest BCUT2D eigenvalue weighted by Crippen LogP contribution is -2.48. The van der Waals surface area contributed by atoms with E-state index in [9.17, 15) is 15.2 Å². The Labute approximate surface area is 118 Å². The number of aliphatic hydroxyl groups is 1. The van der Waals surface area contributed by atoms with Crippen molar-refractivity contribution in [1.29, 1.82) is 0 Å². The maximum atomic E-state index is 10.7. The number of nitro groups is 1. The smallest absolute Gasteiger partial charge is 0.288 e. The number of hydrogen-bond donors (Lipinski definition) is 1. The van der Waals surface area contributed by atoms with E-state index in [4.69, 9.17) is 4.74 Å². The standard InChI is InChI=1S/C11H14BrN3O4/c1-7-4-14(5-9(6-16)19-7)11-10(12)2-8(3-13-11)15(17)18/h2-3,7,9,16H,4-6H2,1H3. The van der Waals surface area contributed by atoms with Crippen LogP contribution in [0.1, 0.15) is 6.92 Å². The molecule has 1 saturated heterocycles. The molecule has 1 N–H and O–H groups in total. The second kappa shape index (κ2) is 5.81. The molecule has 1 aromatic rings. The Bertz CT molecular complexity index is 485. The zero-order valence-corrected chi connectivity index (χ0v) is 11.9. The van der Waals surface area contributed by atoms with Crippen LogP contribution in [-0.2, 0) is 4.74 Å². The van der Waals surface area contributed by atoms with Gasteiger partial charge in [-0.1, -0.05) is 0 Å². The van der Waals surface area contributed by atoms with Crippen LogP contribution in [0.5, 0.6) is 0 Å². The summed E-state index contributed by atoms with van der Waals surface area (Å²) < 4.78 is 6.11. The van der Waals surface area contributed by atoms with Crippen molar-refractivity contribution in [3.05, 3.63) is 26.9 Å². The number of ether oxygens (including phenoxy) is 1. The van der Waals surface area contributed by atoms with Crippen LogP contribution >= 0.6 is 15.9 Å². The molecule has 1 fully saturated rings. The SMILES string of the molecule is CC1CN(c2ncc([N+](=O)[O-])cc2Br)CC(CO)O1. The maximum Gasteiger partial charge on any atom is 0.288 e. The van der Waals surface area contributed by atoms with Crippen LogP contribution in [-0.4, -0.2) is 46.9 Å². The minimum Gasteiger partial charge on any atom is -0.394 e. The molecule has 0 aromatic carbocycles. The van der Waals surface area contributed by atoms with Crippen molar-refractivity contribution in [2.24, 2.45) is 0 Å². The van der Waals surface area contributed by atoms with Crippen molar-refractivity contribution in [3.8, 4) is 0 Å². The molecule has 2 rings (SSSR count). The molecule has 7 nitrogen and oxygen atoms in total. The summed E-state index contributed by atoms with van der Waals surface area (Å²) in [6.45, 7) is 2.98. The van der Waals surface area contributed by atoms with Gasteiger partial charge in [-0.3, -0.25) is 10.1 Å². The van der Waals surface area contributed by atoms with Gasteiger partial charge in [-0.2, -0.15) is 0 Å². The van der Waals surface area contributed by atoms with Crippen LogP contribution in [0.2, 0.25) is 0 Å². The van der Waals surface area contributed by atoms with Gasteiger partial charge in [0.2, 0.25) is 0 Å². The summed E-state index contributed by atoms with van der Waals surface area (Å²) in [4.78, 5) is 16.3. The topological polar surface area (TPSA) is 88.7 Å². The summed E-state index contributed by atoms with van der Waals surface area (Å²) in [6.07, 6.45) is 0.927. The van der Waals surface area contributed by atoms with Crippen LogP contribution in [0.4, 0.5) is 11.5 Å². The molecule has 0 bridgehead atoms. The largest absolute Gasteiger partial charge is 0.394 e. The van der Waals surface area contributed by atoms with Crippen molar-refractivity contribution in [1.82, 2.24) is 4.98 Å². The fraction of sp³-hybridized carbons (Fsp3) is 0.545. The Morgan fingerprint density at radius 3 is 3.00 bits per heavy atom.